The first-order valence-corrected chi connectivity index (χ1v) is 6.40. The zero-order chi connectivity index (χ0) is 13.5. The molecule has 1 rings (SSSR count). The summed E-state index contributed by atoms with van der Waals surface area (Å²) in [7, 11) is 1.87. The van der Waals surface area contributed by atoms with Gasteiger partial charge in [-0.15, -0.1) is 0 Å². The van der Waals surface area contributed by atoms with Gasteiger partial charge in [0.1, 0.15) is 23.5 Å². The standard InChI is InChI=1S/C14H21F2NO/c1-4-6-13(17-3)14(5-2)18-12-8-10(15)7-11(16)9-12/h7-9,13-14,17H,4-6H2,1-3H3. The third-order valence-electron chi connectivity index (χ3n) is 2.95. The molecule has 2 nitrogen and oxygen atoms in total. The molecule has 102 valence electrons. The first-order valence-electron chi connectivity index (χ1n) is 6.40. The van der Waals surface area contributed by atoms with Crippen LogP contribution >= 0.6 is 0 Å². The van der Waals surface area contributed by atoms with Crippen LogP contribution in [-0.4, -0.2) is 19.2 Å². The lowest BCUT2D eigenvalue weighted by molar-refractivity contribution is 0.145. The van der Waals surface area contributed by atoms with Crippen molar-refractivity contribution in [2.24, 2.45) is 0 Å². The molecule has 0 fully saturated rings. The van der Waals surface area contributed by atoms with Crippen molar-refractivity contribution in [3.8, 4) is 5.75 Å². The van der Waals surface area contributed by atoms with Gasteiger partial charge < -0.3 is 10.1 Å². The highest BCUT2D eigenvalue weighted by Gasteiger charge is 2.19. The topological polar surface area (TPSA) is 21.3 Å². The third kappa shape index (κ3) is 4.26. The van der Waals surface area contributed by atoms with Crippen molar-refractivity contribution in [1.82, 2.24) is 5.32 Å². The lowest BCUT2D eigenvalue weighted by Crippen LogP contribution is -2.40. The molecule has 1 N–H and O–H groups in total. The Kier molecular flexibility index (Phi) is 6.05. The van der Waals surface area contributed by atoms with Crippen molar-refractivity contribution < 1.29 is 13.5 Å². The maximum atomic E-state index is 13.1. The summed E-state index contributed by atoms with van der Waals surface area (Å²) in [5.74, 6) is -0.983. The van der Waals surface area contributed by atoms with Crippen LogP contribution in [0.25, 0.3) is 0 Å². The quantitative estimate of drug-likeness (QED) is 0.807. The minimum Gasteiger partial charge on any atom is -0.489 e. The Morgan fingerprint density at radius 2 is 1.78 bits per heavy atom. The van der Waals surface area contributed by atoms with E-state index in [0.29, 0.717) is 0 Å². The molecule has 0 aliphatic rings. The van der Waals surface area contributed by atoms with Crippen molar-refractivity contribution in [2.45, 2.75) is 45.3 Å². The summed E-state index contributed by atoms with van der Waals surface area (Å²) < 4.78 is 31.8. The maximum absolute atomic E-state index is 13.1. The predicted octanol–water partition coefficient (Wildman–Crippen LogP) is 3.51. The molecule has 0 radical (unpaired) electrons. The number of benzene rings is 1. The first kappa shape index (κ1) is 14.9. The number of rotatable bonds is 7. The lowest BCUT2D eigenvalue weighted by atomic mass is 10.0. The Labute approximate surface area is 107 Å². The largest absolute Gasteiger partial charge is 0.489 e. The molecule has 1 aromatic carbocycles. The summed E-state index contributed by atoms with van der Waals surface area (Å²) in [6, 6.07) is 3.45. The number of likely N-dealkylation sites (N-methyl/N-ethyl adjacent to an activating group) is 1. The van der Waals surface area contributed by atoms with Gasteiger partial charge in [-0.25, -0.2) is 8.78 Å². The van der Waals surface area contributed by atoms with Gasteiger partial charge in [-0.1, -0.05) is 20.3 Å². The first-order chi connectivity index (χ1) is 8.60. The van der Waals surface area contributed by atoms with Crippen molar-refractivity contribution in [3.05, 3.63) is 29.8 Å². The molecule has 4 heteroatoms. The number of nitrogens with one attached hydrogen (secondary N) is 1. The van der Waals surface area contributed by atoms with Crippen molar-refractivity contribution in [1.29, 1.82) is 0 Å². The fourth-order valence-electron chi connectivity index (χ4n) is 2.05. The van der Waals surface area contributed by atoms with Crippen LogP contribution in [0.4, 0.5) is 8.78 Å². The average Bonchev–Trinajstić information content (AvgIpc) is 2.32. The van der Waals surface area contributed by atoms with Crippen LogP contribution in [0.3, 0.4) is 0 Å². The monoisotopic (exact) mass is 257 g/mol. The zero-order valence-corrected chi connectivity index (χ0v) is 11.2. The fraction of sp³-hybridized carbons (Fsp3) is 0.571. The van der Waals surface area contributed by atoms with E-state index < -0.39 is 11.6 Å². The van der Waals surface area contributed by atoms with Gasteiger partial charge >= 0.3 is 0 Å². The van der Waals surface area contributed by atoms with E-state index in [4.69, 9.17) is 4.74 Å². The number of ether oxygens (including phenoxy) is 1. The molecule has 2 atom stereocenters. The molecule has 1 aromatic rings. The molecule has 0 aliphatic heterocycles. The molecule has 18 heavy (non-hydrogen) atoms. The van der Waals surface area contributed by atoms with Crippen LogP contribution in [0.1, 0.15) is 33.1 Å². The number of halogens is 2. The Bertz CT molecular complexity index is 351. The zero-order valence-electron chi connectivity index (χ0n) is 11.2. The third-order valence-corrected chi connectivity index (χ3v) is 2.95. The van der Waals surface area contributed by atoms with Crippen molar-refractivity contribution in [2.75, 3.05) is 7.05 Å². The van der Waals surface area contributed by atoms with Gasteiger partial charge in [-0.2, -0.15) is 0 Å². The van der Waals surface area contributed by atoms with Gasteiger partial charge in [0, 0.05) is 24.2 Å². The van der Waals surface area contributed by atoms with E-state index in [1.54, 1.807) is 0 Å². The Balaban J connectivity index is 2.77. The molecule has 0 saturated carbocycles. The molecule has 0 saturated heterocycles. The van der Waals surface area contributed by atoms with Gasteiger partial charge in [0.15, 0.2) is 0 Å². The van der Waals surface area contributed by atoms with Crippen molar-refractivity contribution >= 4 is 0 Å². The van der Waals surface area contributed by atoms with E-state index >= 15 is 0 Å². The van der Waals surface area contributed by atoms with Gasteiger partial charge in [-0.3, -0.25) is 0 Å². The minimum absolute atomic E-state index is 0.0869. The summed E-state index contributed by atoms with van der Waals surface area (Å²) in [6.45, 7) is 4.10. The second kappa shape index (κ2) is 7.31. The van der Waals surface area contributed by atoms with Gasteiger partial charge in [0.2, 0.25) is 0 Å². The highest BCUT2D eigenvalue weighted by Crippen LogP contribution is 2.20. The SMILES string of the molecule is CCCC(NC)C(CC)Oc1cc(F)cc(F)c1. The smallest absolute Gasteiger partial charge is 0.129 e. The van der Waals surface area contributed by atoms with Crippen molar-refractivity contribution in [3.63, 3.8) is 0 Å². The summed E-state index contributed by atoms with van der Waals surface area (Å²) in [5.41, 5.74) is 0. The minimum atomic E-state index is -0.614. The van der Waals surface area contributed by atoms with Gasteiger partial charge in [-0.05, 0) is 19.9 Å². The molecular formula is C14H21F2NO. The molecule has 0 heterocycles. The molecule has 2 unspecified atom stereocenters. The van der Waals surface area contributed by atoms with Gasteiger partial charge in [0.05, 0.1) is 0 Å². The summed E-state index contributed by atoms with van der Waals surface area (Å²) >= 11 is 0. The normalized spacial score (nSPS) is 14.3. The number of hydrogen-bond acceptors (Lipinski definition) is 2. The predicted molar refractivity (Wildman–Crippen MR) is 68.8 cm³/mol. The molecule has 0 aliphatic carbocycles. The molecular weight excluding hydrogens is 236 g/mol. The molecule has 0 amide bonds. The van der Waals surface area contributed by atoms with E-state index in [9.17, 15) is 8.78 Å². The second-order valence-electron chi connectivity index (χ2n) is 4.35. The van der Waals surface area contributed by atoms with Crippen LogP contribution in [-0.2, 0) is 0 Å². The average molecular weight is 257 g/mol. The van der Waals surface area contributed by atoms with E-state index in [2.05, 4.69) is 12.2 Å². The Hall–Kier alpha value is -1.16. The second-order valence-corrected chi connectivity index (χ2v) is 4.35. The van der Waals surface area contributed by atoms with Gasteiger partial charge in [0.25, 0.3) is 0 Å². The van der Waals surface area contributed by atoms with Crippen LogP contribution in [0.15, 0.2) is 18.2 Å². The molecule has 0 aromatic heterocycles. The van der Waals surface area contributed by atoms with Crippen LogP contribution in [0.2, 0.25) is 0 Å². The highest BCUT2D eigenvalue weighted by molar-refractivity contribution is 5.24. The van der Waals surface area contributed by atoms with E-state index in [-0.39, 0.29) is 17.9 Å². The van der Waals surface area contributed by atoms with E-state index in [1.165, 1.54) is 12.1 Å². The molecule has 0 bridgehead atoms. The Morgan fingerprint density at radius 1 is 1.17 bits per heavy atom. The maximum Gasteiger partial charge on any atom is 0.129 e. The van der Waals surface area contributed by atoms with Crippen LogP contribution in [0.5, 0.6) is 5.75 Å². The van der Waals surface area contributed by atoms with Crippen LogP contribution < -0.4 is 10.1 Å². The lowest BCUT2D eigenvalue weighted by Gasteiger charge is -2.26. The summed E-state index contributed by atoms with van der Waals surface area (Å²) in [6.07, 6.45) is 2.69. The number of hydrogen-bond donors (Lipinski definition) is 1. The summed E-state index contributed by atoms with van der Waals surface area (Å²) in [4.78, 5) is 0. The highest BCUT2D eigenvalue weighted by atomic mass is 19.1. The summed E-state index contributed by atoms with van der Waals surface area (Å²) in [5, 5.41) is 3.19. The van der Waals surface area contributed by atoms with E-state index in [0.717, 1.165) is 25.3 Å². The molecule has 0 spiro atoms. The van der Waals surface area contributed by atoms with Crippen LogP contribution in [0, 0.1) is 11.6 Å². The van der Waals surface area contributed by atoms with E-state index in [1.807, 2.05) is 14.0 Å². The Morgan fingerprint density at radius 3 is 2.22 bits per heavy atom. The fourth-order valence-corrected chi connectivity index (χ4v) is 2.05.